The molecule has 0 saturated carbocycles. The number of hydrazine groups is 1. The summed E-state index contributed by atoms with van der Waals surface area (Å²) >= 11 is 0. The van der Waals surface area contributed by atoms with E-state index in [1.165, 1.54) is 0 Å². The molecule has 1 fully saturated rings. The van der Waals surface area contributed by atoms with E-state index in [4.69, 9.17) is 0 Å². The molecule has 17 heavy (non-hydrogen) atoms. The number of amides is 1. The summed E-state index contributed by atoms with van der Waals surface area (Å²) in [6.07, 6.45) is 2.31. The Morgan fingerprint density at radius 3 is 3.00 bits per heavy atom. The van der Waals surface area contributed by atoms with Crippen molar-refractivity contribution in [3.8, 4) is 0 Å². The molecule has 2 N–H and O–H groups in total. The molecule has 3 rings (SSSR count). The van der Waals surface area contributed by atoms with E-state index in [9.17, 15) is 9.00 Å². The molecule has 3 atom stereocenters. The number of carbonyl (C=O) groups is 1. The molecule has 0 bridgehead atoms. The molecule has 4 nitrogen and oxygen atoms in total. The Morgan fingerprint density at radius 1 is 1.29 bits per heavy atom. The largest absolute Gasteiger partial charge is 0.291 e. The predicted octanol–water partition coefficient (Wildman–Crippen LogP) is 1.00. The first-order chi connectivity index (χ1) is 8.25. The third-order valence-electron chi connectivity index (χ3n) is 3.14. The van der Waals surface area contributed by atoms with Gasteiger partial charge in [0.1, 0.15) is 0 Å². The second-order valence-corrected chi connectivity index (χ2v) is 5.51. The summed E-state index contributed by atoms with van der Waals surface area (Å²) in [7, 11) is -1.12. The minimum Gasteiger partial charge on any atom is -0.291 e. The van der Waals surface area contributed by atoms with E-state index in [1.807, 2.05) is 30.3 Å². The molecule has 2 aliphatic rings. The highest BCUT2D eigenvalue weighted by molar-refractivity contribution is 7.88. The Morgan fingerprint density at radius 2 is 2.12 bits per heavy atom. The summed E-state index contributed by atoms with van der Waals surface area (Å²) < 4.78 is 12.0. The first-order valence-corrected chi connectivity index (χ1v) is 6.69. The molecule has 1 aromatic rings. The van der Waals surface area contributed by atoms with Gasteiger partial charge in [0.2, 0.25) is 5.91 Å². The second-order valence-electron chi connectivity index (χ2n) is 4.20. The Bertz CT molecular complexity index is 527. The molecule has 2 aliphatic heterocycles. The average Bonchev–Trinajstić information content (AvgIpc) is 2.48. The maximum absolute atomic E-state index is 12.0. The Balaban J connectivity index is 2.10. The van der Waals surface area contributed by atoms with Crippen LogP contribution in [0.5, 0.6) is 0 Å². The fourth-order valence-electron chi connectivity index (χ4n) is 2.30. The monoisotopic (exact) mass is 248 g/mol. The second kappa shape index (κ2) is 4.09. The topological polar surface area (TPSA) is 58.2 Å². The third-order valence-corrected chi connectivity index (χ3v) is 4.35. The van der Waals surface area contributed by atoms with E-state index in [1.54, 1.807) is 5.41 Å². The minimum absolute atomic E-state index is 0.00611. The summed E-state index contributed by atoms with van der Waals surface area (Å²) in [4.78, 5) is 12.2. The third kappa shape index (κ3) is 1.81. The van der Waals surface area contributed by atoms with Gasteiger partial charge in [0.05, 0.1) is 16.8 Å². The fourth-order valence-corrected chi connectivity index (χ4v) is 3.43. The molecule has 0 spiro atoms. The summed E-state index contributed by atoms with van der Waals surface area (Å²) in [6, 6.07) is 7.65. The van der Waals surface area contributed by atoms with E-state index < -0.39 is 10.8 Å². The van der Waals surface area contributed by atoms with Crippen molar-refractivity contribution >= 4 is 16.7 Å². The zero-order valence-electron chi connectivity index (χ0n) is 9.05. The summed E-state index contributed by atoms with van der Waals surface area (Å²) in [5.74, 6) is 0.0393. The van der Waals surface area contributed by atoms with Gasteiger partial charge in [-0.1, -0.05) is 24.3 Å². The van der Waals surface area contributed by atoms with Crippen LogP contribution < -0.4 is 10.9 Å². The van der Waals surface area contributed by atoms with Gasteiger partial charge in [0.15, 0.2) is 0 Å². The number of fused-ring (bicyclic) bond motifs is 3. The van der Waals surface area contributed by atoms with Gasteiger partial charge < -0.3 is 0 Å². The first-order valence-electron chi connectivity index (χ1n) is 5.48. The van der Waals surface area contributed by atoms with Crippen LogP contribution in [0.3, 0.4) is 0 Å². The van der Waals surface area contributed by atoms with Crippen LogP contribution >= 0.6 is 0 Å². The van der Waals surface area contributed by atoms with Crippen LogP contribution in [0, 0.1) is 5.92 Å². The van der Waals surface area contributed by atoms with E-state index in [0.717, 1.165) is 10.5 Å². The summed E-state index contributed by atoms with van der Waals surface area (Å²) in [6.45, 7) is 0. The highest BCUT2D eigenvalue weighted by Gasteiger charge is 2.32. The molecule has 2 heterocycles. The van der Waals surface area contributed by atoms with Crippen molar-refractivity contribution in [3.05, 3.63) is 41.3 Å². The van der Waals surface area contributed by atoms with Crippen molar-refractivity contribution in [2.24, 2.45) is 5.92 Å². The van der Waals surface area contributed by atoms with Gasteiger partial charge in [0, 0.05) is 22.6 Å². The average molecular weight is 248 g/mol. The van der Waals surface area contributed by atoms with Crippen LogP contribution in [0.4, 0.5) is 0 Å². The molecule has 0 radical (unpaired) electrons. The highest BCUT2D eigenvalue weighted by atomic mass is 32.2. The number of benzene rings is 1. The van der Waals surface area contributed by atoms with Crippen LogP contribution in [-0.4, -0.2) is 10.1 Å². The van der Waals surface area contributed by atoms with E-state index >= 15 is 0 Å². The maximum atomic E-state index is 12.0. The van der Waals surface area contributed by atoms with E-state index in [2.05, 4.69) is 10.9 Å². The van der Waals surface area contributed by atoms with Crippen molar-refractivity contribution in [2.45, 2.75) is 17.4 Å². The molecule has 0 aliphatic carbocycles. The molecular formula is C12H12N2O2S. The number of rotatable bonds is 0. The molecule has 88 valence electrons. The lowest BCUT2D eigenvalue weighted by Crippen LogP contribution is -2.48. The SMILES string of the molecule is O=C1CC2C=CS(=O)c3ccccc3C2NN1. The van der Waals surface area contributed by atoms with Gasteiger partial charge in [-0.3, -0.25) is 10.2 Å². The lowest BCUT2D eigenvalue weighted by atomic mass is 9.89. The molecule has 1 aromatic carbocycles. The number of carbonyl (C=O) groups excluding carboxylic acids is 1. The molecule has 1 amide bonds. The van der Waals surface area contributed by atoms with Crippen LogP contribution in [0.2, 0.25) is 0 Å². The fraction of sp³-hybridized carbons (Fsp3) is 0.250. The normalized spacial score (nSPS) is 31.1. The molecule has 5 heteroatoms. The van der Waals surface area contributed by atoms with E-state index in [-0.39, 0.29) is 17.9 Å². The van der Waals surface area contributed by atoms with Crippen LogP contribution in [-0.2, 0) is 15.6 Å². The smallest absolute Gasteiger partial charge is 0.234 e. The Kier molecular flexibility index (Phi) is 2.57. The highest BCUT2D eigenvalue weighted by Crippen LogP contribution is 2.34. The molecule has 3 unspecified atom stereocenters. The Hall–Kier alpha value is -1.46. The van der Waals surface area contributed by atoms with Gasteiger partial charge in [-0.15, -0.1) is 0 Å². The van der Waals surface area contributed by atoms with Crippen molar-refractivity contribution in [1.29, 1.82) is 0 Å². The van der Waals surface area contributed by atoms with E-state index in [0.29, 0.717) is 6.42 Å². The summed E-state index contributed by atoms with van der Waals surface area (Å²) in [5.41, 5.74) is 6.65. The van der Waals surface area contributed by atoms with Crippen molar-refractivity contribution in [1.82, 2.24) is 10.9 Å². The molecular weight excluding hydrogens is 236 g/mol. The summed E-state index contributed by atoms with van der Waals surface area (Å²) in [5, 5.41) is 1.68. The van der Waals surface area contributed by atoms with Crippen molar-refractivity contribution in [3.63, 3.8) is 0 Å². The van der Waals surface area contributed by atoms with Crippen molar-refractivity contribution < 1.29 is 9.00 Å². The standard InChI is InChI=1S/C12H12N2O2S/c15-11-7-8-5-6-17(16)10-4-2-1-3-9(10)12(8)14-13-11/h1-6,8,12,14H,7H2,(H,13,15). The number of hydrogen-bond acceptors (Lipinski definition) is 3. The zero-order valence-corrected chi connectivity index (χ0v) is 9.87. The predicted molar refractivity (Wildman–Crippen MR) is 64.1 cm³/mol. The molecule has 1 saturated heterocycles. The number of nitrogens with one attached hydrogen (secondary N) is 2. The van der Waals surface area contributed by atoms with Crippen LogP contribution in [0.1, 0.15) is 18.0 Å². The quantitative estimate of drug-likeness (QED) is 0.720. The minimum atomic E-state index is -1.12. The lowest BCUT2D eigenvalue weighted by Gasteiger charge is -2.30. The number of hydrogen-bond donors (Lipinski definition) is 2. The maximum Gasteiger partial charge on any atom is 0.234 e. The first kappa shape index (κ1) is 10.7. The van der Waals surface area contributed by atoms with Crippen LogP contribution in [0.15, 0.2) is 40.6 Å². The van der Waals surface area contributed by atoms with Gasteiger partial charge >= 0.3 is 0 Å². The zero-order chi connectivity index (χ0) is 11.8. The van der Waals surface area contributed by atoms with Gasteiger partial charge in [-0.05, 0) is 11.6 Å². The van der Waals surface area contributed by atoms with Crippen molar-refractivity contribution in [2.75, 3.05) is 0 Å². The molecule has 0 aromatic heterocycles. The lowest BCUT2D eigenvalue weighted by molar-refractivity contribution is -0.125. The van der Waals surface area contributed by atoms with Gasteiger partial charge in [-0.25, -0.2) is 9.63 Å². The Labute approximate surface area is 102 Å². The van der Waals surface area contributed by atoms with Crippen LogP contribution in [0.25, 0.3) is 0 Å². The van der Waals surface area contributed by atoms with Gasteiger partial charge in [0.25, 0.3) is 0 Å². The van der Waals surface area contributed by atoms with Gasteiger partial charge in [-0.2, -0.15) is 0 Å².